The van der Waals surface area contributed by atoms with Gasteiger partial charge in [-0.15, -0.1) is 0 Å². The van der Waals surface area contributed by atoms with E-state index in [2.05, 4.69) is 4.72 Å². The monoisotopic (exact) mass is 370 g/mol. The Bertz CT molecular complexity index is 955. The van der Waals surface area contributed by atoms with Crippen LogP contribution in [0.3, 0.4) is 0 Å². The summed E-state index contributed by atoms with van der Waals surface area (Å²) in [5.41, 5.74) is 0.0276. The number of rotatable bonds is 3. The van der Waals surface area contributed by atoms with Crippen molar-refractivity contribution < 1.29 is 26.4 Å². The average Bonchev–Trinajstić information content (AvgIpc) is 2.80. The quantitative estimate of drug-likeness (QED) is 0.903. The maximum Gasteiger partial charge on any atom is 0.416 e. The fourth-order valence-corrected chi connectivity index (χ4v) is 3.69. The molecule has 3 rings (SSSR count). The van der Waals surface area contributed by atoms with E-state index in [-0.39, 0.29) is 22.9 Å². The van der Waals surface area contributed by atoms with Gasteiger partial charge in [0.1, 0.15) is 0 Å². The Morgan fingerprint density at radius 3 is 2.52 bits per heavy atom. The molecular weight excluding hydrogens is 357 g/mol. The molecule has 0 aromatic heterocycles. The summed E-state index contributed by atoms with van der Waals surface area (Å²) in [7, 11) is -2.49. The van der Waals surface area contributed by atoms with E-state index in [4.69, 9.17) is 0 Å². The van der Waals surface area contributed by atoms with E-state index in [1.807, 2.05) is 0 Å². The number of alkyl halides is 3. The molecule has 0 unspecified atom stereocenters. The molecule has 132 valence electrons. The van der Waals surface area contributed by atoms with Gasteiger partial charge in [-0.3, -0.25) is 9.52 Å². The van der Waals surface area contributed by atoms with Crippen LogP contribution in [0.4, 0.5) is 24.5 Å². The second-order valence-corrected chi connectivity index (χ2v) is 7.29. The van der Waals surface area contributed by atoms with Gasteiger partial charge >= 0.3 is 6.18 Å². The van der Waals surface area contributed by atoms with Gasteiger partial charge in [0, 0.05) is 18.4 Å². The smallest absolute Gasteiger partial charge is 0.315 e. The number of anilines is 2. The minimum Gasteiger partial charge on any atom is -0.315 e. The molecule has 1 amide bonds. The van der Waals surface area contributed by atoms with Gasteiger partial charge in [-0.2, -0.15) is 13.2 Å². The van der Waals surface area contributed by atoms with Crippen molar-refractivity contribution in [3.63, 3.8) is 0 Å². The first kappa shape index (κ1) is 17.3. The van der Waals surface area contributed by atoms with Crippen LogP contribution in [0.25, 0.3) is 0 Å². The Hall–Kier alpha value is -2.55. The molecular formula is C16H13F3N2O3S. The summed E-state index contributed by atoms with van der Waals surface area (Å²) in [4.78, 5) is 13.0. The fraction of sp³-hybridized carbons (Fsp3) is 0.188. The van der Waals surface area contributed by atoms with E-state index in [0.717, 1.165) is 18.2 Å². The van der Waals surface area contributed by atoms with Crippen LogP contribution >= 0.6 is 0 Å². The van der Waals surface area contributed by atoms with Crippen LogP contribution in [0.1, 0.15) is 11.1 Å². The fourth-order valence-electron chi connectivity index (χ4n) is 2.59. The number of sulfonamides is 1. The number of amides is 1. The molecule has 0 atom stereocenters. The molecule has 0 aliphatic carbocycles. The number of carbonyl (C=O) groups excluding carboxylic acids is 1. The molecule has 0 bridgehead atoms. The lowest BCUT2D eigenvalue weighted by molar-refractivity contribution is -0.137. The minimum absolute atomic E-state index is 0.0821. The summed E-state index contributed by atoms with van der Waals surface area (Å²) < 4.78 is 65.2. The first-order valence-corrected chi connectivity index (χ1v) is 8.66. The van der Waals surface area contributed by atoms with Crippen LogP contribution in [0.2, 0.25) is 0 Å². The summed E-state index contributed by atoms with van der Waals surface area (Å²) in [6.07, 6.45) is -4.49. The number of fused-ring (bicyclic) bond motifs is 1. The average molecular weight is 370 g/mol. The highest BCUT2D eigenvalue weighted by molar-refractivity contribution is 7.92. The molecule has 25 heavy (non-hydrogen) atoms. The first-order chi connectivity index (χ1) is 11.6. The van der Waals surface area contributed by atoms with Gasteiger partial charge in [-0.1, -0.05) is 6.07 Å². The van der Waals surface area contributed by atoms with Crippen LogP contribution in [0.15, 0.2) is 47.4 Å². The lowest BCUT2D eigenvalue weighted by Gasteiger charge is -2.13. The molecule has 0 radical (unpaired) electrons. The number of nitrogens with zero attached hydrogens (tertiary/aromatic N) is 1. The van der Waals surface area contributed by atoms with E-state index in [9.17, 15) is 26.4 Å². The molecule has 2 aromatic rings. The Kier molecular flexibility index (Phi) is 3.98. The summed E-state index contributed by atoms with van der Waals surface area (Å²) in [5.74, 6) is -0.157. The minimum atomic E-state index is -4.57. The number of hydrogen-bond acceptors (Lipinski definition) is 3. The third kappa shape index (κ3) is 3.32. The molecule has 1 aliphatic rings. The van der Waals surface area contributed by atoms with Gasteiger partial charge in [0.25, 0.3) is 10.0 Å². The van der Waals surface area contributed by atoms with Crippen LogP contribution in [-0.4, -0.2) is 21.4 Å². The zero-order valence-electron chi connectivity index (χ0n) is 13.0. The molecule has 9 heteroatoms. The van der Waals surface area contributed by atoms with E-state index in [1.54, 1.807) is 7.05 Å². The molecule has 2 aromatic carbocycles. The Balaban J connectivity index is 1.91. The largest absolute Gasteiger partial charge is 0.416 e. The van der Waals surface area contributed by atoms with Gasteiger partial charge < -0.3 is 4.90 Å². The molecule has 1 N–H and O–H groups in total. The van der Waals surface area contributed by atoms with Crippen molar-refractivity contribution in [1.82, 2.24) is 0 Å². The van der Waals surface area contributed by atoms with Gasteiger partial charge in [-0.05, 0) is 42.0 Å². The predicted octanol–water partition coefficient (Wildman–Crippen LogP) is 3.03. The molecule has 0 fully saturated rings. The first-order valence-electron chi connectivity index (χ1n) is 7.17. The second-order valence-electron chi connectivity index (χ2n) is 5.60. The molecule has 0 saturated carbocycles. The second kappa shape index (κ2) is 5.76. The standard InChI is InChI=1S/C16H13F3N2O3S/c1-21-14-6-5-13(7-10(14)8-15(21)22)25(23,24)20-12-4-2-3-11(9-12)16(17,18)19/h2-7,9,20H,8H2,1H3. The highest BCUT2D eigenvalue weighted by Crippen LogP contribution is 2.32. The van der Waals surface area contributed by atoms with Crippen molar-refractivity contribution in [2.75, 3.05) is 16.7 Å². The molecule has 5 nitrogen and oxygen atoms in total. The number of halogens is 3. The zero-order chi connectivity index (χ0) is 18.4. The van der Waals surface area contributed by atoms with Crippen LogP contribution < -0.4 is 9.62 Å². The highest BCUT2D eigenvalue weighted by atomic mass is 32.2. The van der Waals surface area contributed by atoms with Gasteiger partial charge in [-0.25, -0.2) is 8.42 Å². The third-order valence-electron chi connectivity index (χ3n) is 3.88. The lowest BCUT2D eigenvalue weighted by atomic mass is 10.2. The molecule has 0 spiro atoms. The van der Waals surface area contributed by atoms with Crippen molar-refractivity contribution >= 4 is 27.3 Å². The Morgan fingerprint density at radius 2 is 1.84 bits per heavy atom. The summed E-state index contributed by atoms with van der Waals surface area (Å²) in [6, 6.07) is 8.10. The van der Waals surface area contributed by atoms with E-state index in [1.165, 1.54) is 29.2 Å². The van der Waals surface area contributed by atoms with Crippen molar-refractivity contribution in [3.8, 4) is 0 Å². The van der Waals surface area contributed by atoms with Crippen LogP contribution in [0.5, 0.6) is 0 Å². The van der Waals surface area contributed by atoms with E-state index >= 15 is 0 Å². The Morgan fingerprint density at radius 1 is 1.12 bits per heavy atom. The molecule has 1 heterocycles. The van der Waals surface area contributed by atoms with Crippen molar-refractivity contribution in [2.24, 2.45) is 0 Å². The van der Waals surface area contributed by atoms with E-state index in [0.29, 0.717) is 11.3 Å². The summed E-state index contributed by atoms with van der Waals surface area (Å²) in [5, 5.41) is 0. The summed E-state index contributed by atoms with van der Waals surface area (Å²) in [6.45, 7) is 0. The van der Waals surface area contributed by atoms with Crippen molar-refractivity contribution in [1.29, 1.82) is 0 Å². The topological polar surface area (TPSA) is 66.5 Å². The molecule has 1 aliphatic heterocycles. The van der Waals surface area contributed by atoms with Crippen LogP contribution in [0, 0.1) is 0 Å². The van der Waals surface area contributed by atoms with Gasteiger partial charge in [0.05, 0.1) is 16.9 Å². The number of carbonyl (C=O) groups is 1. The highest BCUT2D eigenvalue weighted by Gasteiger charge is 2.31. The third-order valence-corrected chi connectivity index (χ3v) is 5.26. The van der Waals surface area contributed by atoms with Crippen molar-refractivity contribution in [2.45, 2.75) is 17.5 Å². The summed E-state index contributed by atoms with van der Waals surface area (Å²) >= 11 is 0. The number of hydrogen-bond donors (Lipinski definition) is 1. The number of likely N-dealkylation sites (N-methyl/N-ethyl adjacent to an activating group) is 1. The number of benzene rings is 2. The van der Waals surface area contributed by atoms with E-state index < -0.39 is 21.8 Å². The van der Waals surface area contributed by atoms with Crippen LogP contribution in [-0.2, 0) is 27.4 Å². The maximum absolute atomic E-state index is 12.7. The zero-order valence-corrected chi connectivity index (χ0v) is 13.8. The van der Waals surface area contributed by atoms with Crippen molar-refractivity contribution in [3.05, 3.63) is 53.6 Å². The number of nitrogens with one attached hydrogen (secondary N) is 1. The van der Waals surface area contributed by atoms with Gasteiger partial charge in [0.2, 0.25) is 5.91 Å². The lowest BCUT2D eigenvalue weighted by Crippen LogP contribution is -2.20. The SMILES string of the molecule is CN1C(=O)Cc2cc(S(=O)(=O)Nc3cccc(C(F)(F)F)c3)ccc21. The predicted molar refractivity (Wildman–Crippen MR) is 85.8 cm³/mol. The Labute approximate surface area is 142 Å². The molecule has 0 saturated heterocycles. The van der Waals surface area contributed by atoms with Gasteiger partial charge in [0.15, 0.2) is 0 Å². The normalized spacial score (nSPS) is 14.6. The maximum atomic E-state index is 12.7.